The maximum absolute atomic E-state index is 12.9. The highest BCUT2D eigenvalue weighted by atomic mass is 32.2. The fourth-order valence-electron chi connectivity index (χ4n) is 3.05. The Morgan fingerprint density at radius 3 is 2.80 bits per heavy atom. The number of amides is 1. The summed E-state index contributed by atoms with van der Waals surface area (Å²) in [6.45, 7) is 4.98. The number of halogens is 1. The van der Waals surface area contributed by atoms with Gasteiger partial charge in [0, 0.05) is 23.7 Å². The number of likely N-dealkylation sites (tertiary alicyclic amines) is 1. The highest BCUT2D eigenvalue weighted by molar-refractivity contribution is 7.99. The van der Waals surface area contributed by atoms with E-state index in [2.05, 4.69) is 22.1 Å². The fraction of sp³-hybridized carbons (Fsp3) is 0.368. The van der Waals surface area contributed by atoms with Gasteiger partial charge in [0.15, 0.2) is 0 Å². The van der Waals surface area contributed by atoms with Crippen LogP contribution in [0.5, 0.6) is 0 Å². The number of aromatic nitrogens is 1. The molecule has 6 heteroatoms. The predicted molar refractivity (Wildman–Crippen MR) is 97.4 cm³/mol. The van der Waals surface area contributed by atoms with Crippen molar-refractivity contribution in [2.75, 3.05) is 19.6 Å². The molecule has 132 valence electrons. The number of pyridine rings is 1. The summed E-state index contributed by atoms with van der Waals surface area (Å²) in [5.74, 6) is -0.345. The Hall–Kier alpha value is -1.92. The van der Waals surface area contributed by atoms with E-state index in [-0.39, 0.29) is 11.7 Å². The number of carbonyl (C=O) groups is 1. The highest BCUT2D eigenvalue weighted by Gasteiger charge is 2.23. The van der Waals surface area contributed by atoms with Crippen molar-refractivity contribution in [2.24, 2.45) is 0 Å². The monoisotopic (exact) mass is 359 g/mol. The standard InChI is InChI=1S/C19H22FN3OS/c1-2-23-11-3-4-16(23)13-22-19(24)14-5-10-18(21-12-14)25-17-8-6-15(20)7-9-17/h5-10,12,16H,2-4,11,13H2,1H3,(H,22,24). The van der Waals surface area contributed by atoms with Crippen molar-refractivity contribution < 1.29 is 9.18 Å². The van der Waals surface area contributed by atoms with Gasteiger partial charge < -0.3 is 5.32 Å². The Balaban J connectivity index is 1.54. The third kappa shape index (κ3) is 4.80. The molecule has 1 fully saturated rings. The van der Waals surface area contributed by atoms with Gasteiger partial charge in [-0.3, -0.25) is 9.69 Å². The van der Waals surface area contributed by atoms with Gasteiger partial charge in [0.1, 0.15) is 10.8 Å². The zero-order valence-corrected chi connectivity index (χ0v) is 15.1. The zero-order valence-electron chi connectivity index (χ0n) is 14.2. The maximum atomic E-state index is 12.9. The minimum Gasteiger partial charge on any atom is -0.350 e. The first-order chi connectivity index (χ1) is 12.2. The number of carbonyl (C=O) groups excluding carboxylic acids is 1. The lowest BCUT2D eigenvalue weighted by Gasteiger charge is -2.22. The van der Waals surface area contributed by atoms with E-state index in [0.29, 0.717) is 18.2 Å². The third-order valence-corrected chi connectivity index (χ3v) is 5.40. The summed E-state index contributed by atoms with van der Waals surface area (Å²) >= 11 is 1.44. The second kappa shape index (κ2) is 8.45. The molecule has 0 bridgehead atoms. The van der Waals surface area contributed by atoms with Crippen LogP contribution in [0.4, 0.5) is 4.39 Å². The van der Waals surface area contributed by atoms with Crippen LogP contribution in [-0.4, -0.2) is 41.5 Å². The number of hydrogen-bond donors (Lipinski definition) is 1. The second-order valence-electron chi connectivity index (χ2n) is 6.08. The molecular formula is C19H22FN3OS. The van der Waals surface area contributed by atoms with Crippen molar-refractivity contribution in [3.63, 3.8) is 0 Å². The molecule has 1 unspecified atom stereocenters. The smallest absolute Gasteiger partial charge is 0.252 e. The minimum atomic E-state index is -0.256. The van der Waals surface area contributed by atoms with Gasteiger partial charge in [0.05, 0.1) is 5.56 Å². The lowest BCUT2D eigenvalue weighted by molar-refractivity contribution is 0.0941. The van der Waals surface area contributed by atoms with Crippen LogP contribution in [0.1, 0.15) is 30.1 Å². The van der Waals surface area contributed by atoms with Gasteiger partial charge >= 0.3 is 0 Å². The molecule has 0 spiro atoms. The van der Waals surface area contributed by atoms with E-state index in [1.807, 2.05) is 6.07 Å². The largest absolute Gasteiger partial charge is 0.350 e. The normalized spacial score (nSPS) is 17.6. The second-order valence-corrected chi connectivity index (χ2v) is 7.17. The summed E-state index contributed by atoms with van der Waals surface area (Å²) in [4.78, 5) is 19.9. The van der Waals surface area contributed by atoms with Crippen LogP contribution in [-0.2, 0) is 0 Å². The van der Waals surface area contributed by atoms with Gasteiger partial charge in [0.25, 0.3) is 5.91 Å². The molecule has 1 aromatic carbocycles. The average Bonchev–Trinajstić information content (AvgIpc) is 3.10. The number of hydrogen-bond acceptors (Lipinski definition) is 4. The fourth-order valence-corrected chi connectivity index (χ4v) is 3.81. The van der Waals surface area contributed by atoms with Crippen LogP contribution in [0.2, 0.25) is 0 Å². The summed E-state index contributed by atoms with van der Waals surface area (Å²) in [5.41, 5.74) is 0.560. The quantitative estimate of drug-likeness (QED) is 0.856. The van der Waals surface area contributed by atoms with E-state index in [1.165, 1.54) is 30.3 Å². The molecule has 1 aliphatic heterocycles. The van der Waals surface area contributed by atoms with Crippen LogP contribution in [0.25, 0.3) is 0 Å². The van der Waals surface area contributed by atoms with E-state index < -0.39 is 0 Å². The predicted octanol–water partition coefficient (Wildman–Crippen LogP) is 3.59. The number of rotatable bonds is 6. The van der Waals surface area contributed by atoms with E-state index in [1.54, 1.807) is 24.4 Å². The van der Waals surface area contributed by atoms with Gasteiger partial charge in [-0.1, -0.05) is 18.7 Å². The molecule has 1 amide bonds. The van der Waals surface area contributed by atoms with Crippen molar-refractivity contribution in [2.45, 2.75) is 35.7 Å². The van der Waals surface area contributed by atoms with Crippen molar-refractivity contribution >= 4 is 17.7 Å². The molecule has 1 saturated heterocycles. The van der Waals surface area contributed by atoms with Gasteiger partial charge in [-0.05, 0) is 62.3 Å². The first kappa shape index (κ1) is 17.9. The SMILES string of the molecule is CCN1CCCC1CNC(=O)c1ccc(Sc2ccc(F)cc2)nc1. The van der Waals surface area contributed by atoms with Gasteiger partial charge in [-0.15, -0.1) is 0 Å². The average molecular weight is 359 g/mol. The van der Waals surface area contributed by atoms with E-state index in [0.717, 1.165) is 29.4 Å². The van der Waals surface area contributed by atoms with Crippen molar-refractivity contribution in [1.29, 1.82) is 0 Å². The topological polar surface area (TPSA) is 45.2 Å². The summed E-state index contributed by atoms with van der Waals surface area (Å²) in [7, 11) is 0. The summed E-state index contributed by atoms with van der Waals surface area (Å²) in [6, 6.07) is 10.3. The number of likely N-dealkylation sites (N-methyl/N-ethyl adjacent to an activating group) is 1. The van der Waals surface area contributed by atoms with E-state index >= 15 is 0 Å². The van der Waals surface area contributed by atoms with Crippen molar-refractivity contribution in [1.82, 2.24) is 15.2 Å². The van der Waals surface area contributed by atoms with Crippen LogP contribution in [0, 0.1) is 5.82 Å². The van der Waals surface area contributed by atoms with Gasteiger partial charge in [-0.2, -0.15) is 0 Å². The molecule has 1 aliphatic rings. The molecule has 0 saturated carbocycles. The molecule has 25 heavy (non-hydrogen) atoms. The van der Waals surface area contributed by atoms with Crippen molar-refractivity contribution in [3.05, 3.63) is 54.0 Å². The zero-order chi connectivity index (χ0) is 17.6. The molecule has 4 nitrogen and oxygen atoms in total. The summed E-state index contributed by atoms with van der Waals surface area (Å²) in [5, 5.41) is 3.79. The van der Waals surface area contributed by atoms with Crippen LogP contribution >= 0.6 is 11.8 Å². The van der Waals surface area contributed by atoms with Crippen LogP contribution in [0.3, 0.4) is 0 Å². The maximum Gasteiger partial charge on any atom is 0.252 e. The van der Waals surface area contributed by atoms with E-state index in [9.17, 15) is 9.18 Å². The van der Waals surface area contributed by atoms with Gasteiger partial charge in [0.2, 0.25) is 0 Å². The molecule has 3 rings (SSSR count). The molecule has 2 aromatic rings. The number of benzene rings is 1. The third-order valence-electron chi connectivity index (χ3n) is 4.44. The Morgan fingerprint density at radius 1 is 1.32 bits per heavy atom. The Morgan fingerprint density at radius 2 is 2.12 bits per heavy atom. The summed E-state index contributed by atoms with van der Waals surface area (Å²) < 4.78 is 12.9. The molecule has 2 heterocycles. The molecule has 1 atom stereocenters. The molecule has 1 N–H and O–H groups in total. The highest BCUT2D eigenvalue weighted by Crippen LogP contribution is 2.26. The van der Waals surface area contributed by atoms with Crippen molar-refractivity contribution in [3.8, 4) is 0 Å². The van der Waals surface area contributed by atoms with Crippen LogP contribution in [0.15, 0.2) is 52.5 Å². The van der Waals surface area contributed by atoms with E-state index in [4.69, 9.17) is 0 Å². The Bertz CT molecular complexity index is 706. The lowest BCUT2D eigenvalue weighted by Crippen LogP contribution is -2.40. The molecular weight excluding hydrogens is 337 g/mol. The molecule has 1 aromatic heterocycles. The number of nitrogens with zero attached hydrogens (tertiary/aromatic N) is 2. The Labute approximate surface area is 151 Å². The van der Waals surface area contributed by atoms with Gasteiger partial charge in [-0.25, -0.2) is 9.37 Å². The minimum absolute atomic E-state index is 0.0891. The molecule has 0 radical (unpaired) electrons. The lowest BCUT2D eigenvalue weighted by atomic mass is 10.2. The molecule has 0 aliphatic carbocycles. The number of nitrogens with one attached hydrogen (secondary N) is 1. The van der Waals surface area contributed by atoms with Crippen LogP contribution < -0.4 is 5.32 Å². The first-order valence-corrected chi connectivity index (χ1v) is 9.39. The first-order valence-electron chi connectivity index (χ1n) is 8.57. The Kier molecular flexibility index (Phi) is 6.04. The summed E-state index contributed by atoms with van der Waals surface area (Å²) in [6.07, 6.45) is 3.93.